The second-order valence-corrected chi connectivity index (χ2v) is 23.9. The number of ether oxygens (including phenoxy) is 6. The van der Waals surface area contributed by atoms with E-state index in [1.54, 1.807) is 19.4 Å². The Balaban J connectivity index is 1.19. The molecule has 0 radical (unpaired) electrons. The summed E-state index contributed by atoms with van der Waals surface area (Å²) in [4.78, 5) is 129. The first-order valence-electron chi connectivity index (χ1n) is 30.1. The number of carboxylic acid groups (broad SMARTS) is 1. The molecule has 2 aliphatic carbocycles. The van der Waals surface area contributed by atoms with Gasteiger partial charge in [0.2, 0.25) is 0 Å². The Morgan fingerprint density at radius 1 is 0.560 bits per heavy atom. The Morgan fingerprint density at radius 3 is 1.44 bits per heavy atom. The van der Waals surface area contributed by atoms with Crippen LogP contribution in [-0.2, 0) is 79.6 Å². The number of anilines is 2. The van der Waals surface area contributed by atoms with Gasteiger partial charge in [-0.1, -0.05) is 65.5 Å². The number of hydrogen-bond donors (Lipinski definition) is 2. The molecule has 0 spiro atoms. The first-order valence-corrected chi connectivity index (χ1v) is 30.1. The lowest BCUT2D eigenvalue weighted by Crippen LogP contribution is -2.53. The lowest BCUT2D eigenvalue weighted by atomic mass is 10.0. The highest BCUT2D eigenvalue weighted by Crippen LogP contribution is 2.36. The van der Waals surface area contributed by atoms with E-state index in [0.717, 1.165) is 71.3 Å². The molecule has 2 aromatic rings. The second kappa shape index (κ2) is 32.2. The minimum absolute atomic E-state index is 0.0491. The van der Waals surface area contributed by atoms with Crippen LogP contribution >= 0.6 is 0 Å². The number of aryl methyl sites for hydroxylation is 2. The fraction of sp³-hybridized carbons (Fsp3) is 0.705. The van der Waals surface area contributed by atoms with E-state index in [0.29, 0.717) is 64.7 Å². The summed E-state index contributed by atoms with van der Waals surface area (Å²) in [5.74, 6) is -4.78. The summed E-state index contributed by atoms with van der Waals surface area (Å²) >= 11 is 0. The predicted molar refractivity (Wildman–Crippen MR) is 310 cm³/mol. The van der Waals surface area contributed by atoms with Gasteiger partial charge in [0, 0.05) is 59.7 Å². The van der Waals surface area contributed by atoms with E-state index in [1.807, 2.05) is 52.0 Å². The lowest BCUT2D eigenvalue weighted by molar-refractivity contribution is -0.174. The van der Waals surface area contributed by atoms with Crippen LogP contribution in [0.25, 0.3) is 0 Å². The number of nitrogens with zero attached hydrogens (tertiary/aromatic N) is 7. The summed E-state index contributed by atoms with van der Waals surface area (Å²) in [6, 6.07) is 3.28. The number of rotatable bonds is 33. The smallest absolute Gasteiger partial charge is 0.344 e. The molecule has 2 saturated carbocycles. The Morgan fingerprint density at radius 2 is 1.00 bits per heavy atom. The third-order valence-electron chi connectivity index (χ3n) is 16.2. The van der Waals surface area contributed by atoms with Crippen molar-refractivity contribution in [2.24, 2.45) is 23.7 Å². The molecule has 2 saturated heterocycles. The topological polar surface area (TPSA) is 266 Å². The maximum Gasteiger partial charge on any atom is 0.344 e. The van der Waals surface area contributed by atoms with Crippen molar-refractivity contribution in [3.8, 4) is 0 Å². The second-order valence-electron chi connectivity index (χ2n) is 23.9. The molecule has 23 nitrogen and oxygen atoms in total. The van der Waals surface area contributed by atoms with Gasteiger partial charge in [-0.05, 0) is 126 Å². The molecule has 0 unspecified atom stereocenters. The summed E-state index contributed by atoms with van der Waals surface area (Å²) in [6.07, 6.45) is 3.36. The van der Waals surface area contributed by atoms with Gasteiger partial charge in [0.1, 0.15) is 35.8 Å². The molecule has 23 heteroatoms. The van der Waals surface area contributed by atoms with Crippen molar-refractivity contribution in [3.05, 3.63) is 47.8 Å². The van der Waals surface area contributed by atoms with Crippen molar-refractivity contribution < 1.29 is 71.9 Å². The van der Waals surface area contributed by atoms with Crippen LogP contribution in [0, 0.1) is 23.7 Å². The zero-order chi connectivity index (χ0) is 61.2. The van der Waals surface area contributed by atoms with Crippen LogP contribution in [0.15, 0.2) is 36.7 Å². The molecular formula is C61H92N8O15. The normalized spacial score (nSPS) is 18.3. The van der Waals surface area contributed by atoms with E-state index in [4.69, 9.17) is 28.4 Å². The van der Waals surface area contributed by atoms with Gasteiger partial charge in [-0.3, -0.25) is 19.2 Å². The molecule has 4 aliphatic rings. The molecule has 466 valence electrons. The number of aliphatic carboxylic acids is 1. The molecule has 2 aliphatic heterocycles. The molecule has 0 aromatic carbocycles. The van der Waals surface area contributed by atoms with Gasteiger partial charge in [0.25, 0.3) is 17.7 Å². The van der Waals surface area contributed by atoms with Crippen LogP contribution in [0.1, 0.15) is 123 Å². The maximum atomic E-state index is 14.7. The Hall–Kier alpha value is -6.46. The molecule has 6 rings (SSSR count). The molecule has 2 N–H and O–H groups in total. The summed E-state index contributed by atoms with van der Waals surface area (Å²) in [5, 5.41) is 12.6. The summed E-state index contributed by atoms with van der Waals surface area (Å²) in [7, 11) is 5.92. The number of carbonyl (C=O) groups is 8. The third-order valence-corrected chi connectivity index (χ3v) is 16.2. The van der Waals surface area contributed by atoms with Crippen LogP contribution in [0.4, 0.5) is 11.6 Å². The number of carboxylic acids is 1. The van der Waals surface area contributed by atoms with Gasteiger partial charge in [0.15, 0.2) is 24.4 Å². The Bertz CT molecular complexity index is 2500. The lowest BCUT2D eigenvalue weighted by Gasteiger charge is -2.34. The number of aromatic nitrogens is 2. The molecule has 2 aromatic heterocycles. The molecular weight excluding hydrogens is 1080 g/mol. The van der Waals surface area contributed by atoms with E-state index in [1.165, 1.54) is 39.9 Å². The van der Waals surface area contributed by atoms with Crippen LogP contribution < -0.4 is 15.1 Å². The van der Waals surface area contributed by atoms with Crippen LogP contribution in [-0.4, -0.2) is 207 Å². The Kier molecular flexibility index (Phi) is 25.5. The first kappa shape index (κ1) is 66.7. The van der Waals surface area contributed by atoms with Crippen molar-refractivity contribution >= 4 is 59.2 Å². The number of pyridine rings is 2. The van der Waals surface area contributed by atoms with E-state index in [9.17, 15) is 43.5 Å². The van der Waals surface area contributed by atoms with Crippen molar-refractivity contribution in [2.75, 3.05) is 90.6 Å². The predicted octanol–water partition coefficient (Wildman–Crippen LogP) is 4.64. The Labute approximate surface area is 495 Å². The van der Waals surface area contributed by atoms with Crippen LogP contribution in [0.3, 0.4) is 0 Å². The number of carbonyl (C=O) groups excluding carboxylic acids is 7. The van der Waals surface area contributed by atoms with E-state index >= 15 is 0 Å². The molecule has 0 bridgehead atoms. The number of amides is 3. The zero-order valence-electron chi connectivity index (χ0n) is 51.0. The first-order chi connectivity index (χ1) is 40.0. The molecule has 3 amide bonds. The fourth-order valence-corrected chi connectivity index (χ4v) is 10.3. The summed E-state index contributed by atoms with van der Waals surface area (Å²) < 4.78 is 34.4. The monoisotopic (exact) mass is 1180 g/mol. The van der Waals surface area contributed by atoms with E-state index in [2.05, 4.69) is 25.1 Å². The largest absolute Gasteiger partial charge is 0.479 e. The van der Waals surface area contributed by atoms with Gasteiger partial charge in [-0.25, -0.2) is 29.1 Å². The average molecular weight is 1180 g/mol. The summed E-state index contributed by atoms with van der Waals surface area (Å²) in [6.45, 7) is 15.4. The number of likely N-dealkylation sites (N-methyl/N-ethyl adjacent to an activating group) is 4. The number of hydrogen-bond acceptors (Lipinski definition) is 19. The van der Waals surface area contributed by atoms with Crippen LogP contribution in [0.5, 0.6) is 0 Å². The fourth-order valence-electron chi connectivity index (χ4n) is 10.3. The highest BCUT2D eigenvalue weighted by molar-refractivity contribution is 5.93. The minimum Gasteiger partial charge on any atom is -0.479 e. The maximum absolute atomic E-state index is 14.7. The van der Waals surface area contributed by atoms with Gasteiger partial charge < -0.3 is 63.3 Å². The number of esters is 4. The molecule has 84 heavy (non-hydrogen) atoms. The molecule has 4 fully saturated rings. The van der Waals surface area contributed by atoms with Crippen LogP contribution in [0.2, 0.25) is 0 Å². The van der Waals surface area contributed by atoms with Crippen molar-refractivity contribution in [1.29, 1.82) is 0 Å². The van der Waals surface area contributed by atoms with Gasteiger partial charge >= 0.3 is 29.8 Å². The van der Waals surface area contributed by atoms with E-state index < -0.39 is 96.2 Å². The van der Waals surface area contributed by atoms with Gasteiger partial charge in [-0.2, -0.15) is 0 Å². The SMILES string of the molecule is CN[C@@H](CC1CC1)C(=O)O[C@H](CCc1ccc(N2CCOCC2)nc1)C(=O)N(C)[C@@H](CC(C)C)C(=O)O[C@H](C)C(=O)N(C)[C@@H](CC1CC1)C(=O)O[C@H](CCc1ccc(N2CCOCC2)nc1)C(=O)N(C)[C@@H](CCC(C)C)C(=O)O[C@H](C)C(=O)O. The third kappa shape index (κ3) is 20.1. The average Bonchev–Trinajstić information content (AvgIpc) is 4.55. The van der Waals surface area contributed by atoms with Crippen molar-refractivity contribution in [2.45, 2.75) is 174 Å². The van der Waals surface area contributed by atoms with Gasteiger partial charge in [-0.15, -0.1) is 0 Å². The van der Waals surface area contributed by atoms with E-state index in [-0.39, 0.29) is 56.3 Å². The number of nitrogens with one attached hydrogen (secondary N) is 1. The summed E-state index contributed by atoms with van der Waals surface area (Å²) in [5.41, 5.74) is 1.56. The minimum atomic E-state index is -1.49. The number of morpholine rings is 2. The highest BCUT2D eigenvalue weighted by atomic mass is 16.6. The highest BCUT2D eigenvalue weighted by Gasteiger charge is 2.43. The quantitative estimate of drug-likeness (QED) is 0.0728. The standard InChI is InChI=1S/C61H92N8O15/c1-38(2)11-20-47(59(76)82-41(6)57(73)74)65(8)55(71)51(22-17-45-19-24-53(64-37-45)69-27-31-80-32-28-69)84-61(78)49(35-43-14-15-43)66(9)54(70)40(5)81-60(77)48(33-39(3)4)67(10)56(72)50(83-58(75)46(62-7)34-42-12-13-42)21-16-44-18-23-52(63-36-44)68-25-29-79-30-26-68/h18-19,23-24,36-43,46-51,62H,11-17,20-22,25-35H2,1-10H3,(H,73,74)/t40-,41-,46+,47+,48+,49+,50-,51-/m1/s1. The zero-order valence-corrected chi connectivity index (χ0v) is 51.0. The molecule has 8 atom stereocenters. The molecule has 4 heterocycles. The van der Waals surface area contributed by atoms with Crippen molar-refractivity contribution in [1.82, 2.24) is 30.0 Å². The van der Waals surface area contributed by atoms with Crippen molar-refractivity contribution in [3.63, 3.8) is 0 Å². The van der Waals surface area contributed by atoms with Gasteiger partial charge in [0.05, 0.1) is 26.4 Å².